The molecule has 0 aliphatic carbocycles. The van der Waals surface area contributed by atoms with Gasteiger partial charge < -0.3 is 20.6 Å². The number of benzene rings is 3. The van der Waals surface area contributed by atoms with Crippen molar-refractivity contribution in [3.05, 3.63) is 96.2 Å². The molecule has 10 heteroatoms. The lowest BCUT2D eigenvalue weighted by Gasteiger charge is -2.13. The largest absolute Gasteiger partial charge is 0.507 e. The Bertz CT molecular complexity index is 1620. The SMILES string of the molecule is CN(C)Oc1cccc(C(=O)Nc2cccc(CNc3cc(-c4ccccc4O)nc4c(P)cnn34)c2)c1. The highest BCUT2D eigenvalue weighted by molar-refractivity contribution is 7.28. The molecule has 0 saturated heterocycles. The Labute approximate surface area is 222 Å². The minimum absolute atomic E-state index is 0.155. The molecule has 192 valence electrons. The first-order chi connectivity index (χ1) is 18.4. The molecule has 3 N–H and O–H groups in total. The second-order valence-electron chi connectivity index (χ2n) is 8.82. The van der Waals surface area contributed by atoms with E-state index in [2.05, 4.69) is 25.0 Å². The number of hydrogen-bond donors (Lipinski definition) is 3. The van der Waals surface area contributed by atoms with E-state index in [1.165, 1.54) is 0 Å². The van der Waals surface area contributed by atoms with Gasteiger partial charge in [0.1, 0.15) is 17.3 Å². The molecule has 1 unspecified atom stereocenters. The standard InChI is InChI=1S/C28H27N6O3P/c1-33(2)37-21-10-6-8-19(14-21)28(36)31-20-9-5-7-18(13-20)16-29-26-15-23(22-11-3-4-12-24(22)35)32-27-25(38)17-30-34(26)27/h3-15,17,29,35H,16,38H2,1-2H3,(H,31,36). The molecular formula is C28H27N6O3P. The number of carbonyl (C=O) groups is 1. The molecule has 3 aromatic carbocycles. The summed E-state index contributed by atoms with van der Waals surface area (Å²) in [5.41, 5.74) is 4.06. The summed E-state index contributed by atoms with van der Waals surface area (Å²) in [5, 5.41) is 23.6. The monoisotopic (exact) mass is 526 g/mol. The fourth-order valence-electron chi connectivity index (χ4n) is 3.99. The predicted molar refractivity (Wildman–Crippen MR) is 152 cm³/mol. The molecule has 1 amide bonds. The number of phenols is 1. The van der Waals surface area contributed by atoms with Crippen LogP contribution in [0.5, 0.6) is 11.5 Å². The van der Waals surface area contributed by atoms with Crippen molar-refractivity contribution in [1.29, 1.82) is 0 Å². The highest BCUT2D eigenvalue weighted by atomic mass is 31.0. The summed E-state index contributed by atoms with van der Waals surface area (Å²) in [7, 11) is 6.20. The van der Waals surface area contributed by atoms with Gasteiger partial charge >= 0.3 is 0 Å². The molecule has 38 heavy (non-hydrogen) atoms. The van der Waals surface area contributed by atoms with Crippen LogP contribution in [0.25, 0.3) is 16.9 Å². The van der Waals surface area contributed by atoms with Crippen molar-refractivity contribution < 1.29 is 14.7 Å². The van der Waals surface area contributed by atoms with Crippen molar-refractivity contribution in [2.24, 2.45) is 0 Å². The topological polar surface area (TPSA) is 104 Å². The Balaban J connectivity index is 1.35. The molecule has 2 aromatic heterocycles. The fourth-order valence-corrected chi connectivity index (χ4v) is 4.25. The zero-order valence-corrected chi connectivity index (χ0v) is 22.1. The Morgan fingerprint density at radius 1 is 1.05 bits per heavy atom. The van der Waals surface area contributed by atoms with Crippen molar-refractivity contribution in [2.75, 3.05) is 24.7 Å². The number of hydrogen-bond acceptors (Lipinski definition) is 7. The molecule has 0 fully saturated rings. The van der Waals surface area contributed by atoms with Gasteiger partial charge in [-0.15, -0.1) is 0 Å². The van der Waals surface area contributed by atoms with Gasteiger partial charge in [-0.2, -0.15) is 14.7 Å². The van der Waals surface area contributed by atoms with Crippen molar-refractivity contribution in [2.45, 2.75) is 6.54 Å². The first-order valence-corrected chi connectivity index (χ1v) is 12.5. The van der Waals surface area contributed by atoms with E-state index in [4.69, 9.17) is 9.82 Å². The van der Waals surface area contributed by atoms with E-state index in [0.717, 1.165) is 10.9 Å². The highest BCUT2D eigenvalue weighted by Crippen LogP contribution is 2.29. The number of rotatable bonds is 8. The van der Waals surface area contributed by atoms with Crippen LogP contribution in [0.2, 0.25) is 0 Å². The zero-order chi connectivity index (χ0) is 26.6. The Morgan fingerprint density at radius 2 is 1.87 bits per heavy atom. The van der Waals surface area contributed by atoms with E-state index in [-0.39, 0.29) is 11.7 Å². The van der Waals surface area contributed by atoms with Crippen LogP contribution >= 0.6 is 9.24 Å². The number of aromatic nitrogens is 3. The zero-order valence-electron chi connectivity index (χ0n) is 20.9. The average molecular weight is 527 g/mol. The van der Waals surface area contributed by atoms with Crippen molar-refractivity contribution >= 4 is 37.6 Å². The van der Waals surface area contributed by atoms with Crippen molar-refractivity contribution in [3.8, 4) is 22.8 Å². The van der Waals surface area contributed by atoms with Gasteiger partial charge in [0, 0.05) is 48.8 Å². The van der Waals surface area contributed by atoms with Crippen LogP contribution in [0, 0.1) is 0 Å². The molecule has 2 heterocycles. The van der Waals surface area contributed by atoms with Gasteiger partial charge in [0.15, 0.2) is 5.65 Å². The van der Waals surface area contributed by atoms with Gasteiger partial charge in [0.25, 0.3) is 5.91 Å². The molecule has 0 saturated carbocycles. The second kappa shape index (κ2) is 10.9. The first kappa shape index (κ1) is 25.2. The van der Waals surface area contributed by atoms with Crippen LogP contribution in [0.4, 0.5) is 11.5 Å². The fraction of sp³-hybridized carbons (Fsp3) is 0.107. The number of hydroxylamine groups is 2. The Kier molecular flexibility index (Phi) is 7.22. The smallest absolute Gasteiger partial charge is 0.255 e. The van der Waals surface area contributed by atoms with Gasteiger partial charge in [0.05, 0.1) is 11.9 Å². The quantitative estimate of drug-likeness (QED) is 0.204. The van der Waals surface area contributed by atoms with Crippen LogP contribution in [-0.2, 0) is 6.54 Å². The number of anilines is 2. The average Bonchev–Trinajstić information content (AvgIpc) is 3.28. The summed E-state index contributed by atoms with van der Waals surface area (Å²) < 4.78 is 1.72. The molecule has 0 aliphatic heterocycles. The van der Waals surface area contributed by atoms with Gasteiger partial charge in [0.2, 0.25) is 0 Å². The van der Waals surface area contributed by atoms with E-state index < -0.39 is 0 Å². The third kappa shape index (κ3) is 5.59. The minimum Gasteiger partial charge on any atom is -0.507 e. The van der Waals surface area contributed by atoms with Gasteiger partial charge in [-0.1, -0.05) is 39.6 Å². The first-order valence-electron chi connectivity index (χ1n) is 11.9. The molecule has 0 radical (unpaired) electrons. The molecule has 0 aliphatic rings. The second-order valence-corrected chi connectivity index (χ2v) is 9.44. The highest BCUT2D eigenvalue weighted by Gasteiger charge is 2.13. The molecule has 5 rings (SSSR count). The lowest BCUT2D eigenvalue weighted by molar-refractivity contribution is -0.00332. The molecule has 0 spiro atoms. The van der Waals surface area contributed by atoms with Gasteiger partial charge in [-0.25, -0.2) is 4.98 Å². The maximum atomic E-state index is 12.9. The number of carbonyl (C=O) groups excluding carboxylic acids is 1. The summed E-state index contributed by atoms with van der Waals surface area (Å²) in [4.78, 5) is 23.1. The minimum atomic E-state index is -0.230. The summed E-state index contributed by atoms with van der Waals surface area (Å²) in [5.74, 6) is 1.23. The molecular weight excluding hydrogens is 499 g/mol. The number of phenolic OH excluding ortho intramolecular Hbond substituents is 1. The number of fused-ring (bicyclic) bond motifs is 1. The van der Waals surface area contributed by atoms with E-state index in [1.807, 2.05) is 42.5 Å². The summed E-state index contributed by atoms with van der Waals surface area (Å²) in [6.45, 7) is 0.473. The number of para-hydroxylation sites is 1. The maximum Gasteiger partial charge on any atom is 0.255 e. The van der Waals surface area contributed by atoms with Gasteiger partial charge in [-0.3, -0.25) is 4.79 Å². The van der Waals surface area contributed by atoms with E-state index in [1.54, 1.807) is 66.3 Å². The van der Waals surface area contributed by atoms with E-state index in [0.29, 0.717) is 46.3 Å². The van der Waals surface area contributed by atoms with Crippen LogP contribution in [0.15, 0.2) is 85.1 Å². The Morgan fingerprint density at radius 3 is 2.68 bits per heavy atom. The summed E-state index contributed by atoms with van der Waals surface area (Å²) in [6.07, 6.45) is 1.72. The number of aromatic hydroxyl groups is 1. The third-order valence-electron chi connectivity index (χ3n) is 5.72. The van der Waals surface area contributed by atoms with Gasteiger partial charge in [-0.05, 0) is 48.0 Å². The lowest BCUT2D eigenvalue weighted by Crippen LogP contribution is -2.17. The normalized spacial score (nSPS) is 11.1. The maximum absolute atomic E-state index is 12.9. The summed E-state index contributed by atoms with van der Waals surface area (Å²) >= 11 is 0. The number of nitrogens with one attached hydrogen (secondary N) is 2. The van der Waals surface area contributed by atoms with Crippen LogP contribution < -0.4 is 20.8 Å². The summed E-state index contributed by atoms with van der Waals surface area (Å²) in [6, 6.07) is 23.6. The molecule has 5 aromatic rings. The number of nitrogens with zero attached hydrogens (tertiary/aromatic N) is 4. The van der Waals surface area contributed by atoms with Crippen LogP contribution in [0.1, 0.15) is 15.9 Å². The third-order valence-corrected chi connectivity index (χ3v) is 6.13. The van der Waals surface area contributed by atoms with E-state index in [9.17, 15) is 9.90 Å². The molecule has 0 bridgehead atoms. The van der Waals surface area contributed by atoms with Crippen molar-refractivity contribution in [3.63, 3.8) is 0 Å². The predicted octanol–water partition coefficient (Wildman–Crippen LogP) is 4.32. The van der Waals surface area contributed by atoms with Crippen molar-refractivity contribution in [1.82, 2.24) is 19.7 Å². The van der Waals surface area contributed by atoms with E-state index >= 15 is 0 Å². The lowest BCUT2D eigenvalue weighted by atomic mass is 10.1. The Hall–Kier alpha value is -4.46. The van der Waals surface area contributed by atoms with Crippen LogP contribution in [0.3, 0.4) is 0 Å². The molecule has 1 atom stereocenters. The van der Waals surface area contributed by atoms with Crippen LogP contribution in [-0.4, -0.2) is 44.8 Å². The molecule has 9 nitrogen and oxygen atoms in total. The number of amides is 1.